The largest absolute Gasteiger partial charge is 0.357 e. The Hall–Kier alpha value is -1.68. The monoisotopic (exact) mass is 473 g/mol. The van der Waals surface area contributed by atoms with Crippen LogP contribution in [0.4, 0.5) is 5.69 Å². The lowest BCUT2D eigenvalue weighted by atomic mass is 10.3. The van der Waals surface area contributed by atoms with Crippen LogP contribution in [-0.2, 0) is 11.2 Å². The number of hydrogen-bond donors (Lipinski definition) is 3. The Kier molecular flexibility index (Phi) is 10.1. The van der Waals surface area contributed by atoms with E-state index >= 15 is 0 Å². The molecule has 3 N–H and O–H groups in total. The molecule has 0 atom stereocenters. The highest BCUT2D eigenvalue weighted by Gasteiger charge is 2.03. The van der Waals surface area contributed by atoms with Crippen LogP contribution in [0, 0.1) is 6.92 Å². The van der Waals surface area contributed by atoms with Gasteiger partial charge in [-0.2, -0.15) is 0 Å². The summed E-state index contributed by atoms with van der Waals surface area (Å²) in [6, 6.07) is 9.36. The predicted molar refractivity (Wildman–Crippen MR) is 115 cm³/mol. The third-order valence-corrected chi connectivity index (χ3v) is 3.95. The number of nitrogens with one attached hydrogen (secondary N) is 3. The number of amides is 1. The van der Waals surface area contributed by atoms with Crippen LogP contribution >= 0.6 is 35.3 Å². The van der Waals surface area contributed by atoms with Gasteiger partial charge in [0.1, 0.15) is 6.54 Å². The number of nitrogens with zero attached hydrogens (tertiary/aromatic N) is 2. The number of halogens is 1. The van der Waals surface area contributed by atoms with Crippen molar-refractivity contribution in [1.29, 1.82) is 0 Å². The van der Waals surface area contributed by atoms with Crippen LogP contribution < -0.4 is 16.0 Å². The molecule has 1 aromatic carbocycles. The molecule has 0 bridgehead atoms. The van der Waals surface area contributed by atoms with Gasteiger partial charge >= 0.3 is 0 Å². The Morgan fingerprint density at radius 3 is 2.64 bits per heavy atom. The van der Waals surface area contributed by atoms with Crippen molar-refractivity contribution in [3.05, 3.63) is 46.4 Å². The molecular formula is C17H24IN5OS. The lowest BCUT2D eigenvalue weighted by Gasteiger charge is -2.10. The molecule has 0 fully saturated rings. The number of hydrogen-bond acceptors (Lipinski definition) is 4. The predicted octanol–water partition coefficient (Wildman–Crippen LogP) is 2.81. The third-order valence-electron chi connectivity index (χ3n) is 3.12. The van der Waals surface area contributed by atoms with E-state index in [-0.39, 0.29) is 36.4 Å². The Morgan fingerprint density at radius 1 is 1.24 bits per heavy atom. The molecule has 0 saturated heterocycles. The van der Waals surface area contributed by atoms with Crippen molar-refractivity contribution in [3.8, 4) is 0 Å². The quantitative estimate of drug-likeness (QED) is 0.329. The van der Waals surface area contributed by atoms with E-state index in [9.17, 15) is 4.79 Å². The SMILES string of the molecule is CCNC(=NCC(=O)Nc1ccccc1)NCCc1csc(C)n1.I. The van der Waals surface area contributed by atoms with Crippen LogP contribution in [0.2, 0.25) is 0 Å². The molecule has 0 unspecified atom stereocenters. The molecule has 0 radical (unpaired) electrons. The van der Waals surface area contributed by atoms with Crippen LogP contribution in [-0.4, -0.2) is 36.5 Å². The van der Waals surface area contributed by atoms with Crippen molar-refractivity contribution in [1.82, 2.24) is 15.6 Å². The van der Waals surface area contributed by atoms with Crippen molar-refractivity contribution in [2.45, 2.75) is 20.3 Å². The molecule has 6 nitrogen and oxygen atoms in total. The van der Waals surface area contributed by atoms with Gasteiger partial charge in [0.05, 0.1) is 10.7 Å². The van der Waals surface area contributed by atoms with Crippen molar-refractivity contribution in [2.75, 3.05) is 25.0 Å². The number of aliphatic imine (C=N–C) groups is 1. The molecule has 0 spiro atoms. The van der Waals surface area contributed by atoms with E-state index in [0.29, 0.717) is 5.96 Å². The highest BCUT2D eigenvalue weighted by molar-refractivity contribution is 14.0. The van der Waals surface area contributed by atoms with E-state index in [0.717, 1.165) is 35.9 Å². The first-order valence-corrected chi connectivity index (χ1v) is 8.83. The average molecular weight is 473 g/mol. The summed E-state index contributed by atoms with van der Waals surface area (Å²) in [6.45, 7) is 5.51. The summed E-state index contributed by atoms with van der Waals surface area (Å²) in [4.78, 5) is 20.7. The summed E-state index contributed by atoms with van der Waals surface area (Å²) in [5.74, 6) is 0.487. The minimum absolute atomic E-state index is 0. The lowest BCUT2D eigenvalue weighted by Crippen LogP contribution is -2.39. The van der Waals surface area contributed by atoms with Crippen molar-refractivity contribution in [2.24, 2.45) is 4.99 Å². The lowest BCUT2D eigenvalue weighted by molar-refractivity contribution is -0.114. The fraction of sp³-hybridized carbons (Fsp3) is 0.353. The maximum Gasteiger partial charge on any atom is 0.246 e. The zero-order valence-corrected chi connectivity index (χ0v) is 17.6. The van der Waals surface area contributed by atoms with Gasteiger partial charge in [-0.1, -0.05) is 18.2 Å². The van der Waals surface area contributed by atoms with Gasteiger partial charge in [0.15, 0.2) is 5.96 Å². The van der Waals surface area contributed by atoms with E-state index < -0.39 is 0 Å². The molecule has 1 amide bonds. The smallest absolute Gasteiger partial charge is 0.246 e. The molecule has 1 heterocycles. The van der Waals surface area contributed by atoms with Gasteiger partial charge in [-0.3, -0.25) is 4.79 Å². The van der Waals surface area contributed by atoms with Gasteiger partial charge in [-0.05, 0) is 26.0 Å². The zero-order valence-electron chi connectivity index (χ0n) is 14.4. The Morgan fingerprint density at radius 2 is 2.00 bits per heavy atom. The summed E-state index contributed by atoms with van der Waals surface area (Å²) in [5, 5.41) is 12.3. The first kappa shape index (κ1) is 21.4. The number of rotatable bonds is 7. The number of aryl methyl sites for hydroxylation is 1. The number of guanidine groups is 1. The van der Waals surface area contributed by atoms with E-state index in [1.54, 1.807) is 11.3 Å². The summed E-state index contributed by atoms with van der Waals surface area (Å²) >= 11 is 1.65. The Balaban J connectivity index is 0.00000312. The fourth-order valence-electron chi connectivity index (χ4n) is 2.05. The molecule has 2 rings (SSSR count). The standard InChI is InChI=1S/C17H23N5OS.HI/c1-3-18-17(19-10-9-15-12-24-13(2)21-15)20-11-16(23)22-14-7-5-4-6-8-14;/h4-8,12H,3,9-11H2,1-2H3,(H,22,23)(H2,18,19,20);1H. The van der Waals surface area contributed by atoms with Gasteiger partial charge in [-0.15, -0.1) is 35.3 Å². The molecule has 0 aliphatic carbocycles. The van der Waals surface area contributed by atoms with Gasteiger partial charge in [0.25, 0.3) is 0 Å². The van der Waals surface area contributed by atoms with Crippen LogP contribution in [0.3, 0.4) is 0 Å². The average Bonchev–Trinajstić information content (AvgIpc) is 2.99. The second-order valence-corrected chi connectivity index (χ2v) is 6.21. The highest BCUT2D eigenvalue weighted by Crippen LogP contribution is 2.07. The Bertz CT molecular complexity index is 675. The van der Waals surface area contributed by atoms with Gasteiger partial charge in [0, 0.05) is 30.6 Å². The number of carbonyl (C=O) groups excluding carboxylic acids is 1. The van der Waals surface area contributed by atoms with Crippen LogP contribution in [0.1, 0.15) is 17.6 Å². The second kappa shape index (κ2) is 11.8. The van der Waals surface area contributed by atoms with Gasteiger partial charge < -0.3 is 16.0 Å². The number of benzene rings is 1. The zero-order chi connectivity index (χ0) is 17.2. The van der Waals surface area contributed by atoms with Gasteiger partial charge in [-0.25, -0.2) is 9.98 Å². The first-order valence-electron chi connectivity index (χ1n) is 7.95. The van der Waals surface area contributed by atoms with E-state index in [2.05, 4.69) is 31.3 Å². The number of anilines is 1. The molecule has 136 valence electrons. The topological polar surface area (TPSA) is 78.4 Å². The summed E-state index contributed by atoms with van der Waals surface area (Å²) < 4.78 is 0. The van der Waals surface area contributed by atoms with Crippen molar-refractivity contribution >= 4 is 52.9 Å². The normalized spacial score (nSPS) is 10.7. The highest BCUT2D eigenvalue weighted by atomic mass is 127. The second-order valence-electron chi connectivity index (χ2n) is 5.14. The number of para-hydroxylation sites is 1. The van der Waals surface area contributed by atoms with E-state index in [4.69, 9.17) is 0 Å². The minimum atomic E-state index is -0.145. The molecular weight excluding hydrogens is 449 g/mol. The fourth-order valence-corrected chi connectivity index (χ4v) is 2.69. The molecule has 0 saturated carbocycles. The number of aromatic nitrogens is 1. The van der Waals surface area contributed by atoms with Crippen molar-refractivity contribution in [3.63, 3.8) is 0 Å². The summed E-state index contributed by atoms with van der Waals surface area (Å²) in [6.07, 6.45) is 0.824. The van der Waals surface area contributed by atoms with Crippen LogP contribution in [0.15, 0.2) is 40.7 Å². The summed E-state index contributed by atoms with van der Waals surface area (Å²) in [7, 11) is 0. The molecule has 25 heavy (non-hydrogen) atoms. The van der Waals surface area contributed by atoms with E-state index in [1.165, 1.54) is 0 Å². The van der Waals surface area contributed by atoms with Crippen LogP contribution in [0.5, 0.6) is 0 Å². The molecule has 0 aliphatic heterocycles. The molecule has 0 aliphatic rings. The number of thiazole rings is 1. The van der Waals surface area contributed by atoms with Gasteiger partial charge in [0.2, 0.25) is 5.91 Å². The molecule has 2 aromatic rings. The third kappa shape index (κ3) is 8.30. The number of carbonyl (C=O) groups is 1. The molecule has 8 heteroatoms. The molecule has 1 aromatic heterocycles. The van der Waals surface area contributed by atoms with Crippen LogP contribution in [0.25, 0.3) is 0 Å². The van der Waals surface area contributed by atoms with E-state index in [1.807, 2.05) is 44.2 Å². The minimum Gasteiger partial charge on any atom is -0.357 e. The Labute approximate surface area is 169 Å². The van der Waals surface area contributed by atoms with Crippen molar-refractivity contribution < 1.29 is 4.79 Å². The first-order chi connectivity index (χ1) is 11.7. The maximum atomic E-state index is 11.9. The maximum absolute atomic E-state index is 11.9. The summed E-state index contributed by atoms with van der Waals surface area (Å²) in [5.41, 5.74) is 1.84.